The average molecular weight is 422 g/mol. The monoisotopic (exact) mass is 422 g/mol. The fourth-order valence-electron chi connectivity index (χ4n) is 4.48. The second-order valence-corrected chi connectivity index (χ2v) is 7.70. The summed E-state index contributed by atoms with van der Waals surface area (Å²) in [6.07, 6.45) is 0. The third-order valence-electron chi connectivity index (χ3n) is 5.86. The first-order chi connectivity index (χ1) is 15.6. The van der Waals surface area contributed by atoms with E-state index >= 15 is 0 Å². The lowest BCUT2D eigenvalue weighted by Gasteiger charge is -2.18. The van der Waals surface area contributed by atoms with Gasteiger partial charge in [0.25, 0.3) is 5.56 Å². The summed E-state index contributed by atoms with van der Waals surface area (Å²) in [7, 11) is 0. The molecule has 0 amide bonds. The molecule has 0 radical (unpaired) electrons. The maximum atomic E-state index is 13.8. The van der Waals surface area contributed by atoms with Crippen molar-refractivity contribution in [1.29, 1.82) is 0 Å². The number of hydrogen-bond acceptors (Lipinski definition) is 1. The van der Waals surface area contributed by atoms with Gasteiger partial charge in [0.2, 0.25) is 0 Å². The van der Waals surface area contributed by atoms with Gasteiger partial charge in [-0.1, -0.05) is 42.5 Å². The summed E-state index contributed by atoms with van der Waals surface area (Å²) in [5.41, 5.74) is 4.31. The molecule has 0 saturated heterocycles. The van der Waals surface area contributed by atoms with Crippen molar-refractivity contribution in [2.45, 2.75) is 0 Å². The Hall–Kier alpha value is -4.25. The molecule has 4 aromatic carbocycles. The summed E-state index contributed by atoms with van der Waals surface area (Å²) in [5, 5.41) is 1.49. The summed E-state index contributed by atoms with van der Waals surface area (Å²) in [4.78, 5) is 13.6. The van der Waals surface area contributed by atoms with Crippen LogP contribution in [0.25, 0.3) is 44.2 Å². The van der Waals surface area contributed by atoms with Crippen LogP contribution in [0.15, 0.2) is 102 Å². The zero-order chi connectivity index (χ0) is 21.8. The van der Waals surface area contributed by atoms with E-state index in [1.165, 1.54) is 24.3 Å². The predicted octanol–water partition coefficient (Wildman–Crippen LogP) is 6.32. The van der Waals surface area contributed by atoms with E-state index in [2.05, 4.69) is 0 Å². The molecular formula is C27H16F2N2O. The molecule has 2 aromatic heterocycles. The second-order valence-electron chi connectivity index (χ2n) is 7.70. The highest BCUT2D eigenvalue weighted by Gasteiger charge is 2.21. The third-order valence-corrected chi connectivity index (χ3v) is 5.86. The maximum Gasteiger partial charge on any atom is 0.279 e. The van der Waals surface area contributed by atoms with Crippen LogP contribution in [0.4, 0.5) is 8.78 Å². The van der Waals surface area contributed by atoms with Crippen molar-refractivity contribution < 1.29 is 8.78 Å². The van der Waals surface area contributed by atoms with Gasteiger partial charge in [0.05, 0.1) is 22.1 Å². The number of fused-ring (bicyclic) bond motifs is 5. The van der Waals surface area contributed by atoms with Crippen LogP contribution in [0, 0.1) is 11.6 Å². The molecular weight excluding hydrogens is 406 g/mol. The van der Waals surface area contributed by atoms with E-state index < -0.39 is 0 Å². The van der Waals surface area contributed by atoms with Gasteiger partial charge in [-0.15, -0.1) is 0 Å². The summed E-state index contributed by atoms with van der Waals surface area (Å²) < 4.78 is 31.0. The van der Waals surface area contributed by atoms with Crippen LogP contribution in [-0.4, -0.2) is 9.03 Å². The minimum atomic E-state index is -0.359. The van der Waals surface area contributed by atoms with Crippen LogP contribution in [0.1, 0.15) is 0 Å². The number of aromatic nitrogens is 2. The summed E-state index contributed by atoms with van der Waals surface area (Å²) in [6, 6.07) is 27.6. The molecule has 0 fully saturated rings. The molecule has 154 valence electrons. The van der Waals surface area contributed by atoms with Crippen molar-refractivity contribution >= 4 is 21.8 Å². The second kappa shape index (κ2) is 6.89. The largest absolute Gasteiger partial charge is 0.279 e. The van der Waals surface area contributed by atoms with E-state index in [1.807, 2.05) is 47.0 Å². The van der Waals surface area contributed by atoms with Gasteiger partial charge in [-0.05, 0) is 60.2 Å². The highest BCUT2D eigenvalue weighted by Crippen LogP contribution is 2.38. The fourth-order valence-corrected chi connectivity index (χ4v) is 4.48. The Bertz CT molecular complexity index is 1700. The Labute approximate surface area is 181 Å². The van der Waals surface area contributed by atoms with Gasteiger partial charge in [-0.3, -0.25) is 4.79 Å². The van der Waals surface area contributed by atoms with Crippen LogP contribution >= 0.6 is 0 Å². The molecule has 3 nitrogen and oxygen atoms in total. The molecule has 0 unspecified atom stereocenters. The van der Waals surface area contributed by atoms with Crippen molar-refractivity contribution in [1.82, 2.24) is 9.03 Å². The van der Waals surface area contributed by atoms with Crippen molar-refractivity contribution in [2.75, 3.05) is 0 Å². The van der Waals surface area contributed by atoms with Gasteiger partial charge in [-0.25, -0.2) is 17.8 Å². The number of benzene rings is 4. The number of hydrogen-bond donors (Lipinski definition) is 0. The lowest BCUT2D eigenvalue weighted by Crippen LogP contribution is -2.16. The van der Waals surface area contributed by atoms with Crippen molar-refractivity contribution in [2.24, 2.45) is 0 Å². The van der Waals surface area contributed by atoms with E-state index in [9.17, 15) is 13.6 Å². The Kier molecular flexibility index (Phi) is 3.98. The van der Waals surface area contributed by atoms with Gasteiger partial charge < -0.3 is 0 Å². The van der Waals surface area contributed by atoms with Gasteiger partial charge in [-0.2, -0.15) is 0 Å². The molecule has 2 heterocycles. The minimum absolute atomic E-state index is 0.172. The zero-order valence-electron chi connectivity index (χ0n) is 16.8. The van der Waals surface area contributed by atoms with E-state index in [0.717, 1.165) is 27.5 Å². The Morgan fingerprint density at radius 2 is 1.03 bits per heavy atom. The molecule has 0 bridgehead atoms. The first-order valence-corrected chi connectivity index (χ1v) is 10.2. The zero-order valence-corrected chi connectivity index (χ0v) is 16.8. The molecule has 0 N–H and O–H groups in total. The van der Waals surface area contributed by atoms with E-state index in [4.69, 9.17) is 0 Å². The quantitative estimate of drug-likeness (QED) is 0.321. The number of halogens is 2. The van der Waals surface area contributed by atoms with Crippen LogP contribution in [0.3, 0.4) is 0 Å². The number of nitrogens with zero attached hydrogens (tertiary/aromatic N) is 2. The van der Waals surface area contributed by atoms with Crippen LogP contribution in [0.5, 0.6) is 0 Å². The Morgan fingerprint density at radius 3 is 1.66 bits per heavy atom. The molecule has 0 aliphatic rings. The standard InChI is InChI=1S/C27H16F2N2O/c28-19-13-9-17(10-14-19)25-21-5-1-3-7-23(21)30-24-8-4-2-6-22(24)27(32)31(30)26(25)18-11-15-20(29)16-12-18/h1-16H. The molecule has 0 aliphatic carbocycles. The van der Waals surface area contributed by atoms with Crippen LogP contribution < -0.4 is 5.56 Å². The normalized spacial score (nSPS) is 11.6. The van der Waals surface area contributed by atoms with E-state index in [0.29, 0.717) is 16.6 Å². The first-order valence-electron chi connectivity index (χ1n) is 10.2. The lowest BCUT2D eigenvalue weighted by atomic mass is 9.95. The van der Waals surface area contributed by atoms with Crippen LogP contribution in [-0.2, 0) is 0 Å². The van der Waals surface area contributed by atoms with Crippen molar-refractivity contribution in [3.8, 4) is 22.4 Å². The highest BCUT2D eigenvalue weighted by atomic mass is 19.1. The molecule has 0 atom stereocenters. The molecule has 5 heteroatoms. The average Bonchev–Trinajstić information content (AvgIpc) is 3.12. The Balaban J connectivity index is 1.93. The molecule has 0 aliphatic heterocycles. The first kappa shape index (κ1) is 18.5. The maximum absolute atomic E-state index is 13.8. The lowest BCUT2D eigenvalue weighted by molar-refractivity contribution is 0.627. The SMILES string of the molecule is O=c1c2ccccc2n2c3ccccc3c(-c3ccc(F)cc3)c(-c3ccc(F)cc3)n12. The van der Waals surface area contributed by atoms with Crippen molar-refractivity contribution in [3.63, 3.8) is 0 Å². The topological polar surface area (TPSA) is 25.9 Å². The van der Waals surface area contributed by atoms with Gasteiger partial charge in [0.1, 0.15) is 11.6 Å². The smallest absolute Gasteiger partial charge is 0.267 e. The van der Waals surface area contributed by atoms with Gasteiger partial charge in [0, 0.05) is 16.5 Å². The molecule has 0 saturated carbocycles. The van der Waals surface area contributed by atoms with Crippen molar-refractivity contribution in [3.05, 3.63) is 119 Å². The van der Waals surface area contributed by atoms with E-state index in [-0.39, 0.29) is 17.2 Å². The van der Waals surface area contributed by atoms with E-state index in [1.54, 1.807) is 34.8 Å². The number of para-hydroxylation sites is 2. The van der Waals surface area contributed by atoms with Gasteiger partial charge in [0.15, 0.2) is 0 Å². The minimum Gasteiger partial charge on any atom is -0.267 e. The molecule has 0 spiro atoms. The summed E-state index contributed by atoms with van der Waals surface area (Å²) in [5.74, 6) is -0.699. The van der Waals surface area contributed by atoms with Crippen LogP contribution in [0.2, 0.25) is 0 Å². The molecule has 32 heavy (non-hydrogen) atoms. The molecule has 6 rings (SSSR count). The third kappa shape index (κ3) is 2.61. The summed E-state index contributed by atoms with van der Waals surface area (Å²) in [6.45, 7) is 0. The predicted molar refractivity (Wildman–Crippen MR) is 123 cm³/mol. The summed E-state index contributed by atoms with van der Waals surface area (Å²) >= 11 is 0. The fraction of sp³-hybridized carbons (Fsp3) is 0. The Morgan fingerprint density at radius 1 is 0.531 bits per heavy atom. The highest BCUT2D eigenvalue weighted by molar-refractivity contribution is 6.02. The van der Waals surface area contributed by atoms with Gasteiger partial charge >= 0.3 is 0 Å². The number of rotatable bonds is 2. The molecule has 6 aromatic rings.